The van der Waals surface area contributed by atoms with Crippen molar-refractivity contribution in [2.45, 2.75) is 12.2 Å². The third-order valence-electron chi connectivity index (χ3n) is 2.94. The van der Waals surface area contributed by atoms with Crippen LogP contribution in [0.4, 0.5) is 22.0 Å². The van der Waals surface area contributed by atoms with Crippen molar-refractivity contribution < 1.29 is 26.7 Å². The van der Waals surface area contributed by atoms with Crippen LogP contribution >= 0.6 is 0 Å². The number of nitrogens with zero attached hydrogens (tertiary/aromatic N) is 2. The lowest BCUT2D eigenvalue weighted by Gasteiger charge is -2.22. The normalized spacial score (nSPS) is 13.0. The van der Waals surface area contributed by atoms with E-state index in [2.05, 4.69) is 5.10 Å². The largest absolute Gasteiger partial charge is 0.413 e. The molecule has 1 heterocycles. The van der Waals surface area contributed by atoms with Gasteiger partial charge in [-0.15, -0.1) is 0 Å². The van der Waals surface area contributed by atoms with E-state index < -0.39 is 35.3 Å². The van der Waals surface area contributed by atoms with Crippen LogP contribution in [0, 0.1) is 11.6 Å². The summed E-state index contributed by atoms with van der Waals surface area (Å²) in [5.41, 5.74) is -1.43. The second-order valence-corrected chi connectivity index (χ2v) is 4.42. The second kappa shape index (κ2) is 5.74. The molecule has 1 aromatic carbocycles. The molecular weight excluding hydrogens is 309 g/mol. The standard InChI is InChI=1S/C13H10F5N3O/c1-21-9(5-6-19-21)12(22)20-11(13(16,17)18)10-7(14)3-2-4-8(10)15/h2-6,11H,1H3,(H,20,22)/t11-/m0/s1. The predicted molar refractivity (Wildman–Crippen MR) is 65.8 cm³/mol. The first-order valence-electron chi connectivity index (χ1n) is 6.01. The number of aryl methyl sites for hydroxylation is 1. The minimum atomic E-state index is -5.07. The van der Waals surface area contributed by atoms with Crippen LogP contribution in [0.1, 0.15) is 22.1 Å². The first-order chi connectivity index (χ1) is 10.2. The highest BCUT2D eigenvalue weighted by Gasteiger charge is 2.45. The van der Waals surface area contributed by atoms with Gasteiger partial charge >= 0.3 is 6.18 Å². The van der Waals surface area contributed by atoms with E-state index in [4.69, 9.17) is 0 Å². The lowest BCUT2D eigenvalue weighted by atomic mass is 10.0. The van der Waals surface area contributed by atoms with Gasteiger partial charge in [-0.05, 0) is 18.2 Å². The molecule has 118 valence electrons. The van der Waals surface area contributed by atoms with Gasteiger partial charge in [0.05, 0.1) is 5.56 Å². The fourth-order valence-corrected chi connectivity index (χ4v) is 1.91. The van der Waals surface area contributed by atoms with Gasteiger partial charge in [-0.3, -0.25) is 9.48 Å². The van der Waals surface area contributed by atoms with Crippen molar-refractivity contribution in [1.82, 2.24) is 15.1 Å². The molecule has 0 aliphatic carbocycles. The molecule has 0 saturated heterocycles. The van der Waals surface area contributed by atoms with Crippen molar-refractivity contribution in [1.29, 1.82) is 0 Å². The molecule has 4 nitrogen and oxygen atoms in total. The van der Waals surface area contributed by atoms with Crippen molar-refractivity contribution in [3.8, 4) is 0 Å². The summed E-state index contributed by atoms with van der Waals surface area (Å²) >= 11 is 0. The van der Waals surface area contributed by atoms with Gasteiger partial charge in [0.25, 0.3) is 5.91 Å². The van der Waals surface area contributed by atoms with Gasteiger partial charge in [-0.2, -0.15) is 18.3 Å². The summed E-state index contributed by atoms with van der Waals surface area (Å²) in [7, 11) is 1.35. The molecule has 0 fully saturated rings. The number of amides is 1. The molecule has 0 aliphatic heterocycles. The van der Waals surface area contributed by atoms with E-state index in [9.17, 15) is 26.7 Å². The summed E-state index contributed by atoms with van der Waals surface area (Å²) in [6.45, 7) is 0. The third-order valence-corrected chi connectivity index (χ3v) is 2.94. The van der Waals surface area contributed by atoms with Crippen molar-refractivity contribution in [2.75, 3.05) is 0 Å². The minimum absolute atomic E-state index is 0.175. The van der Waals surface area contributed by atoms with Gasteiger partial charge in [0.2, 0.25) is 0 Å². The molecule has 0 spiro atoms. The van der Waals surface area contributed by atoms with Gasteiger partial charge in [-0.1, -0.05) is 6.07 Å². The number of alkyl halides is 3. The molecule has 0 radical (unpaired) electrons. The topological polar surface area (TPSA) is 46.9 Å². The van der Waals surface area contributed by atoms with E-state index in [1.807, 2.05) is 0 Å². The van der Waals surface area contributed by atoms with E-state index >= 15 is 0 Å². The highest BCUT2D eigenvalue weighted by molar-refractivity contribution is 5.92. The Morgan fingerprint density at radius 3 is 2.27 bits per heavy atom. The van der Waals surface area contributed by atoms with E-state index in [1.54, 1.807) is 5.32 Å². The number of benzene rings is 1. The van der Waals surface area contributed by atoms with Crippen molar-refractivity contribution in [3.05, 3.63) is 53.4 Å². The second-order valence-electron chi connectivity index (χ2n) is 4.42. The lowest BCUT2D eigenvalue weighted by molar-refractivity contribution is -0.156. The van der Waals surface area contributed by atoms with Crippen LogP contribution in [0.25, 0.3) is 0 Å². The van der Waals surface area contributed by atoms with Crippen molar-refractivity contribution in [3.63, 3.8) is 0 Å². The molecule has 1 atom stereocenters. The lowest BCUT2D eigenvalue weighted by Crippen LogP contribution is -2.39. The van der Waals surface area contributed by atoms with E-state index in [0.29, 0.717) is 12.1 Å². The molecule has 1 N–H and O–H groups in total. The van der Waals surface area contributed by atoms with Crippen LogP contribution in [0.15, 0.2) is 30.5 Å². The van der Waals surface area contributed by atoms with Crippen LogP contribution < -0.4 is 5.32 Å². The Bertz CT molecular complexity index is 675. The van der Waals surface area contributed by atoms with Crippen LogP contribution in [-0.4, -0.2) is 21.9 Å². The smallest absolute Gasteiger partial charge is 0.335 e. The summed E-state index contributed by atoms with van der Waals surface area (Å²) in [5, 5.41) is 5.23. The van der Waals surface area contributed by atoms with Crippen LogP contribution in [0.2, 0.25) is 0 Å². The fraction of sp³-hybridized carbons (Fsp3) is 0.231. The minimum Gasteiger partial charge on any atom is -0.335 e. The van der Waals surface area contributed by atoms with Crippen molar-refractivity contribution >= 4 is 5.91 Å². The SMILES string of the molecule is Cn1nccc1C(=O)N[C@@H](c1c(F)cccc1F)C(F)(F)F. The van der Waals surface area contributed by atoms with E-state index in [0.717, 1.165) is 10.7 Å². The Kier molecular flexibility index (Phi) is 4.16. The Balaban J connectivity index is 2.41. The molecular formula is C13H10F5N3O. The van der Waals surface area contributed by atoms with Gasteiger partial charge in [0.1, 0.15) is 17.3 Å². The average Bonchev–Trinajstić information content (AvgIpc) is 2.82. The summed E-state index contributed by atoms with van der Waals surface area (Å²) in [5.74, 6) is -3.94. The van der Waals surface area contributed by atoms with E-state index in [-0.39, 0.29) is 5.69 Å². The number of carbonyl (C=O) groups excluding carboxylic acids is 1. The number of halogens is 5. The molecule has 1 aromatic heterocycles. The maximum Gasteiger partial charge on any atom is 0.413 e. The Labute approximate surface area is 121 Å². The molecule has 2 rings (SSSR count). The zero-order chi connectivity index (χ0) is 16.5. The van der Waals surface area contributed by atoms with Gasteiger partial charge in [-0.25, -0.2) is 8.78 Å². The molecule has 0 aliphatic rings. The summed E-state index contributed by atoms with van der Waals surface area (Å²) < 4.78 is 67.5. The first kappa shape index (κ1) is 15.9. The van der Waals surface area contributed by atoms with Gasteiger partial charge < -0.3 is 5.32 Å². The predicted octanol–water partition coefficient (Wildman–Crippen LogP) is 2.73. The molecule has 0 saturated carbocycles. The molecule has 2 aromatic rings. The third kappa shape index (κ3) is 3.07. The Hall–Kier alpha value is -2.45. The highest BCUT2D eigenvalue weighted by atomic mass is 19.4. The number of aromatic nitrogens is 2. The fourth-order valence-electron chi connectivity index (χ4n) is 1.91. The number of nitrogens with one attached hydrogen (secondary N) is 1. The number of carbonyl (C=O) groups is 1. The quantitative estimate of drug-likeness (QED) is 0.884. The molecule has 1 amide bonds. The molecule has 0 unspecified atom stereocenters. The van der Waals surface area contributed by atoms with Crippen LogP contribution in [-0.2, 0) is 7.05 Å². The average molecular weight is 319 g/mol. The molecule has 0 bridgehead atoms. The summed E-state index contributed by atoms with van der Waals surface area (Å²) in [6.07, 6.45) is -3.86. The Morgan fingerprint density at radius 2 is 1.82 bits per heavy atom. The summed E-state index contributed by atoms with van der Waals surface area (Å²) in [4.78, 5) is 11.9. The first-order valence-corrected chi connectivity index (χ1v) is 6.01. The van der Waals surface area contributed by atoms with Gasteiger partial charge in [0.15, 0.2) is 6.04 Å². The van der Waals surface area contributed by atoms with Crippen molar-refractivity contribution in [2.24, 2.45) is 7.05 Å². The zero-order valence-electron chi connectivity index (χ0n) is 11.2. The number of hydrogen-bond acceptors (Lipinski definition) is 2. The molecule has 9 heteroatoms. The van der Waals surface area contributed by atoms with Gasteiger partial charge in [0, 0.05) is 13.2 Å². The maximum absolute atomic E-state index is 13.6. The van der Waals surface area contributed by atoms with Crippen LogP contribution in [0.5, 0.6) is 0 Å². The number of rotatable bonds is 3. The highest BCUT2D eigenvalue weighted by Crippen LogP contribution is 2.35. The number of hydrogen-bond donors (Lipinski definition) is 1. The molecule has 22 heavy (non-hydrogen) atoms. The zero-order valence-corrected chi connectivity index (χ0v) is 11.2. The summed E-state index contributed by atoms with van der Waals surface area (Å²) in [6, 6.07) is 0.683. The van der Waals surface area contributed by atoms with Crippen LogP contribution in [0.3, 0.4) is 0 Å². The maximum atomic E-state index is 13.6. The monoisotopic (exact) mass is 319 g/mol. The Morgan fingerprint density at radius 1 is 1.23 bits per heavy atom. The van der Waals surface area contributed by atoms with E-state index in [1.165, 1.54) is 19.3 Å².